The molecule has 0 fully saturated rings. The second-order valence-electron chi connectivity index (χ2n) is 5.90. The van der Waals surface area contributed by atoms with Crippen LogP contribution in [-0.4, -0.2) is 25.3 Å². The zero-order chi connectivity index (χ0) is 19.5. The third kappa shape index (κ3) is 7.00. The van der Waals surface area contributed by atoms with E-state index in [1.807, 2.05) is 36.4 Å². The zero-order valence-corrected chi connectivity index (χ0v) is 16.4. The third-order valence-electron chi connectivity index (χ3n) is 3.99. The first kappa shape index (κ1) is 20.9. The van der Waals surface area contributed by atoms with E-state index in [1.54, 1.807) is 19.7 Å². The van der Waals surface area contributed by atoms with Gasteiger partial charge in [-0.15, -0.1) is 0 Å². The van der Waals surface area contributed by atoms with Crippen LogP contribution in [0.15, 0.2) is 64.4 Å². The van der Waals surface area contributed by atoms with E-state index in [0.717, 1.165) is 35.5 Å². The molecule has 0 atom stereocenters. The molecule has 0 spiro atoms. The van der Waals surface area contributed by atoms with E-state index in [-0.39, 0.29) is 0 Å². The molecule has 0 aromatic heterocycles. The molecule has 0 aliphatic rings. The molecular weight excluding hydrogens is 362 g/mol. The van der Waals surface area contributed by atoms with Crippen molar-refractivity contribution in [1.82, 2.24) is 5.48 Å². The fourth-order valence-electron chi connectivity index (χ4n) is 2.64. The second kappa shape index (κ2) is 11.3. The summed E-state index contributed by atoms with van der Waals surface area (Å²) in [4.78, 5) is 13.4. The standard InChI is InChI=1S/C21H25NO4S/c1-25-19-13-12-18(14-20(19)26-2)27-17(15-21(23)22-24)11-7-6-10-16-8-4-3-5-9-16/h3-5,8-9,12-15,24H,6-7,10-11H2,1-2H3,(H,22,23)/b17-15+. The van der Waals surface area contributed by atoms with Crippen molar-refractivity contribution in [3.63, 3.8) is 0 Å². The average molecular weight is 388 g/mol. The number of carbonyl (C=O) groups is 1. The zero-order valence-electron chi connectivity index (χ0n) is 15.6. The Morgan fingerprint density at radius 1 is 1.07 bits per heavy atom. The molecule has 0 saturated heterocycles. The first-order valence-corrected chi connectivity index (χ1v) is 9.56. The Labute approximate surface area is 164 Å². The van der Waals surface area contributed by atoms with Gasteiger partial charge in [0.05, 0.1) is 14.2 Å². The molecule has 0 bridgehead atoms. The van der Waals surface area contributed by atoms with Gasteiger partial charge in [0, 0.05) is 11.0 Å². The number of ether oxygens (including phenoxy) is 2. The van der Waals surface area contributed by atoms with Crippen LogP contribution in [0.4, 0.5) is 0 Å². The highest BCUT2D eigenvalue weighted by Gasteiger charge is 2.09. The summed E-state index contributed by atoms with van der Waals surface area (Å²) >= 11 is 1.48. The molecular formula is C21H25NO4S. The number of amides is 1. The Morgan fingerprint density at radius 3 is 2.48 bits per heavy atom. The van der Waals surface area contributed by atoms with E-state index < -0.39 is 5.91 Å². The maximum Gasteiger partial charge on any atom is 0.268 e. The Morgan fingerprint density at radius 2 is 1.81 bits per heavy atom. The van der Waals surface area contributed by atoms with E-state index in [0.29, 0.717) is 11.5 Å². The molecule has 0 saturated carbocycles. The molecule has 0 unspecified atom stereocenters. The number of allylic oxidation sites excluding steroid dienone is 1. The summed E-state index contributed by atoms with van der Waals surface area (Å²) in [5.74, 6) is 0.766. The van der Waals surface area contributed by atoms with Gasteiger partial charge in [-0.2, -0.15) is 0 Å². The van der Waals surface area contributed by atoms with Gasteiger partial charge in [-0.3, -0.25) is 10.0 Å². The number of rotatable bonds is 10. The molecule has 0 aliphatic carbocycles. The first-order valence-electron chi connectivity index (χ1n) is 8.74. The highest BCUT2D eigenvalue weighted by molar-refractivity contribution is 8.03. The topological polar surface area (TPSA) is 67.8 Å². The number of benzene rings is 2. The molecule has 27 heavy (non-hydrogen) atoms. The largest absolute Gasteiger partial charge is 0.493 e. The number of carbonyl (C=O) groups excluding carboxylic acids is 1. The number of thioether (sulfide) groups is 1. The van der Waals surface area contributed by atoms with E-state index in [9.17, 15) is 4.79 Å². The number of aryl methyl sites for hydroxylation is 1. The van der Waals surface area contributed by atoms with Gasteiger partial charge in [0.1, 0.15) is 0 Å². The summed E-state index contributed by atoms with van der Waals surface area (Å²) in [5, 5.41) is 8.83. The lowest BCUT2D eigenvalue weighted by atomic mass is 10.1. The van der Waals surface area contributed by atoms with Crippen molar-refractivity contribution in [1.29, 1.82) is 0 Å². The average Bonchev–Trinajstić information content (AvgIpc) is 2.71. The van der Waals surface area contributed by atoms with Crippen molar-refractivity contribution in [2.75, 3.05) is 14.2 Å². The van der Waals surface area contributed by atoms with Crippen LogP contribution >= 0.6 is 11.8 Å². The maximum absolute atomic E-state index is 11.6. The van der Waals surface area contributed by atoms with Crippen LogP contribution < -0.4 is 15.0 Å². The predicted molar refractivity (Wildman–Crippen MR) is 107 cm³/mol. The van der Waals surface area contributed by atoms with Gasteiger partial charge in [0.2, 0.25) is 0 Å². The number of hydrogen-bond acceptors (Lipinski definition) is 5. The van der Waals surface area contributed by atoms with Crippen LogP contribution in [0.25, 0.3) is 0 Å². The summed E-state index contributed by atoms with van der Waals surface area (Å²) in [6.07, 6.45) is 5.15. The van der Waals surface area contributed by atoms with Crippen LogP contribution in [-0.2, 0) is 11.2 Å². The van der Waals surface area contributed by atoms with Crippen molar-refractivity contribution in [3.8, 4) is 11.5 Å². The molecule has 2 rings (SSSR count). The van der Waals surface area contributed by atoms with E-state index >= 15 is 0 Å². The lowest BCUT2D eigenvalue weighted by Crippen LogP contribution is -2.15. The minimum absolute atomic E-state index is 0.527. The fraction of sp³-hybridized carbons (Fsp3) is 0.286. The summed E-state index contributed by atoms with van der Waals surface area (Å²) in [7, 11) is 3.18. The lowest BCUT2D eigenvalue weighted by Gasteiger charge is -2.11. The SMILES string of the molecule is COc1ccc(S/C(=C/C(=O)NO)CCCCc2ccccc2)cc1OC. The summed E-state index contributed by atoms with van der Waals surface area (Å²) in [6, 6.07) is 16.0. The van der Waals surface area contributed by atoms with Gasteiger partial charge >= 0.3 is 0 Å². The van der Waals surface area contributed by atoms with Gasteiger partial charge in [-0.25, -0.2) is 5.48 Å². The molecule has 0 heterocycles. The maximum atomic E-state index is 11.6. The van der Waals surface area contributed by atoms with Crippen molar-refractivity contribution >= 4 is 17.7 Å². The normalized spacial score (nSPS) is 11.1. The smallest absolute Gasteiger partial charge is 0.268 e. The van der Waals surface area contributed by atoms with Crippen LogP contribution in [0.1, 0.15) is 24.8 Å². The molecule has 6 heteroatoms. The summed E-state index contributed by atoms with van der Waals surface area (Å²) in [5.41, 5.74) is 2.97. The highest BCUT2D eigenvalue weighted by Crippen LogP contribution is 2.36. The van der Waals surface area contributed by atoms with Crippen molar-refractivity contribution in [2.24, 2.45) is 0 Å². The van der Waals surface area contributed by atoms with Gasteiger partial charge in [0.25, 0.3) is 5.91 Å². The summed E-state index contributed by atoms with van der Waals surface area (Å²) < 4.78 is 10.6. The Bertz CT molecular complexity index is 762. The van der Waals surface area contributed by atoms with Gasteiger partial charge in [-0.05, 0) is 54.4 Å². The molecule has 5 nitrogen and oxygen atoms in total. The monoisotopic (exact) mass is 387 g/mol. The second-order valence-corrected chi connectivity index (χ2v) is 7.10. The fourth-order valence-corrected chi connectivity index (χ4v) is 3.65. The van der Waals surface area contributed by atoms with E-state index in [1.165, 1.54) is 23.4 Å². The minimum Gasteiger partial charge on any atom is -0.493 e. The van der Waals surface area contributed by atoms with Crippen LogP contribution in [0.5, 0.6) is 11.5 Å². The first-order chi connectivity index (χ1) is 13.2. The quantitative estimate of drug-likeness (QED) is 0.205. The summed E-state index contributed by atoms with van der Waals surface area (Å²) in [6.45, 7) is 0. The molecule has 2 aromatic carbocycles. The van der Waals surface area contributed by atoms with Gasteiger partial charge < -0.3 is 9.47 Å². The molecule has 1 amide bonds. The molecule has 0 aliphatic heterocycles. The van der Waals surface area contributed by atoms with Gasteiger partial charge in [0.15, 0.2) is 11.5 Å². The molecule has 2 N–H and O–H groups in total. The van der Waals surface area contributed by atoms with Crippen molar-refractivity contribution in [3.05, 3.63) is 65.1 Å². The Hall–Kier alpha value is -2.44. The van der Waals surface area contributed by atoms with Crippen LogP contribution in [0, 0.1) is 0 Å². The minimum atomic E-state index is -0.527. The predicted octanol–water partition coefficient (Wildman–Crippen LogP) is 4.60. The Balaban J connectivity index is 1.99. The number of hydroxylamine groups is 1. The van der Waals surface area contributed by atoms with Gasteiger partial charge in [-0.1, -0.05) is 42.1 Å². The van der Waals surface area contributed by atoms with Crippen molar-refractivity contribution < 1.29 is 19.5 Å². The Kier molecular flexibility index (Phi) is 8.74. The van der Waals surface area contributed by atoms with E-state index in [4.69, 9.17) is 14.7 Å². The highest BCUT2D eigenvalue weighted by atomic mass is 32.2. The van der Waals surface area contributed by atoms with Crippen molar-refractivity contribution in [2.45, 2.75) is 30.6 Å². The number of hydrogen-bond donors (Lipinski definition) is 2. The van der Waals surface area contributed by atoms with E-state index in [2.05, 4.69) is 12.1 Å². The van der Waals surface area contributed by atoms with Crippen LogP contribution in [0.2, 0.25) is 0 Å². The number of methoxy groups -OCH3 is 2. The lowest BCUT2D eigenvalue weighted by molar-refractivity contribution is -0.124. The third-order valence-corrected chi connectivity index (χ3v) is 5.06. The molecule has 0 radical (unpaired) electrons. The molecule has 144 valence electrons. The molecule has 2 aromatic rings. The van der Waals surface area contributed by atoms with Crippen LogP contribution in [0.3, 0.4) is 0 Å². The number of nitrogens with one attached hydrogen (secondary N) is 1. The number of unbranched alkanes of at least 4 members (excludes halogenated alkanes) is 1.